The summed E-state index contributed by atoms with van der Waals surface area (Å²) < 4.78 is 0. The second-order valence-corrected chi connectivity index (χ2v) is 5.26. The van der Waals surface area contributed by atoms with E-state index in [2.05, 4.69) is 6.92 Å². The largest absolute Gasteiger partial charge is 0.550 e. The second-order valence-electron chi connectivity index (χ2n) is 5.26. The van der Waals surface area contributed by atoms with Crippen molar-refractivity contribution in [3.8, 4) is 0 Å². The fourth-order valence-corrected chi connectivity index (χ4v) is 3.40. The minimum Gasteiger partial charge on any atom is -0.550 e. The van der Waals surface area contributed by atoms with Gasteiger partial charge in [-0.3, -0.25) is 0 Å². The van der Waals surface area contributed by atoms with Crippen LogP contribution in [-0.2, 0) is 4.79 Å². The maximum Gasteiger partial charge on any atom is 0.0476 e. The van der Waals surface area contributed by atoms with Crippen LogP contribution in [0.2, 0.25) is 0 Å². The van der Waals surface area contributed by atoms with Crippen molar-refractivity contribution < 1.29 is 9.90 Å². The third-order valence-electron chi connectivity index (χ3n) is 4.07. The number of aliphatic carboxylic acids is 1. The molecular formula is C11H17O2-. The molecule has 13 heavy (non-hydrogen) atoms. The molecule has 0 spiro atoms. The molecule has 0 aromatic carbocycles. The number of carboxylic acid groups (broad SMARTS) is 1. The van der Waals surface area contributed by atoms with E-state index in [-0.39, 0.29) is 0 Å². The maximum atomic E-state index is 11.1. The van der Waals surface area contributed by atoms with Crippen molar-refractivity contribution >= 4 is 5.97 Å². The molecule has 2 aliphatic rings. The van der Waals surface area contributed by atoms with Crippen LogP contribution in [-0.4, -0.2) is 5.97 Å². The van der Waals surface area contributed by atoms with Crippen LogP contribution >= 0.6 is 0 Å². The molecule has 2 bridgehead atoms. The van der Waals surface area contributed by atoms with E-state index >= 15 is 0 Å². The third-order valence-corrected chi connectivity index (χ3v) is 4.07. The standard InChI is InChI=1S/C11H18O2/c1-10-4-2-6-11(8-10,9(12)13)7-3-5-10/h2-8H2,1H3,(H,12,13)/p-1. The number of fused-ring (bicyclic) bond motifs is 2. The van der Waals surface area contributed by atoms with E-state index in [4.69, 9.17) is 0 Å². The van der Waals surface area contributed by atoms with Crippen molar-refractivity contribution in [2.45, 2.75) is 51.9 Å². The topological polar surface area (TPSA) is 40.1 Å². The fourth-order valence-electron chi connectivity index (χ4n) is 3.40. The van der Waals surface area contributed by atoms with Crippen LogP contribution in [0.1, 0.15) is 51.9 Å². The Morgan fingerprint density at radius 2 is 1.69 bits per heavy atom. The normalized spacial score (nSPS) is 44.4. The highest BCUT2D eigenvalue weighted by Crippen LogP contribution is 2.55. The Morgan fingerprint density at radius 1 is 1.15 bits per heavy atom. The lowest BCUT2D eigenvalue weighted by molar-refractivity contribution is -0.324. The molecule has 0 heterocycles. The smallest absolute Gasteiger partial charge is 0.0476 e. The van der Waals surface area contributed by atoms with Crippen LogP contribution in [0.5, 0.6) is 0 Å². The van der Waals surface area contributed by atoms with Gasteiger partial charge < -0.3 is 9.90 Å². The summed E-state index contributed by atoms with van der Waals surface area (Å²) in [7, 11) is 0. The van der Waals surface area contributed by atoms with Gasteiger partial charge in [-0.05, 0) is 37.5 Å². The fraction of sp³-hybridized carbons (Fsp3) is 0.909. The summed E-state index contributed by atoms with van der Waals surface area (Å²) in [4.78, 5) is 11.1. The van der Waals surface area contributed by atoms with Gasteiger partial charge in [0.25, 0.3) is 0 Å². The van der Waals surface area contributed by atoms with Crippen molar-refractivity contribution in [2.24, 2.45) is 10.8 Å². The molecule has 0 unspecified atom stereocenters. The predicted octanol–water partition coefficient (Wildman–Crippen LogP) is 1.49. The minimum absolute atomic E-state index is 0.302. The molecule has 74 valence electrons. The predicted molar refractivity (Wildman–Crippen MR) is 47.9 cm³/mol. The quantitative estimate of drug-likeness (QED) is 0.615. The van der Waals surface area contributed by atoms with E-state index in [9.17, 15) is 9.90 Å². The van der Waals surface area contributed by atoms with E-state index in [1.165, 1.54) is 12.8 Å². The first-order valence-corrected chi connectivity index (χ1v) is 5.28. The molecule has 2 fully saturated rings. The van der Waals surface area contributed by atoms with Crippen LogP contribution < -0.4 is 5.11 Å². The lowest BCUT2D eigenvalue weighted by Gasteiger charge is -2.51. The number of hydrogen-bond acceptors (Lipinski definition) is 2. The van der Waals surface area contributed by atoms with Gasteiger partial charge in [-0.15, -0.1) is 0 Å². The molecule has 2 heteroatoms. The summed E-state index contributed by atoms with van der Waals surface area (Å²) in [5.41, 5.74) is -0.151. The van der Waals surface area contributed by atoms with Gasteiger partial charge in [-0.1, -0.05) is 19.8 Å². The average molecular weight is 181 g/mol. The molecule has 2 rings (SSSR count). The van der Waals surface area contributed by atoms with Gasteiger partial charge in [0.2, 0.25) is 0 Å². The molecule has 0 aliphatic heterocycles. The molecule has 0 N–H and O–H groups in total. The van der Waals surface area contributed by atoms with Gasteiger partial charge in [-0.25, -0.2) is 0 Å². The molecule has 0 radical (unpaired) electrons. The molecule has 2 aliphatic carbocycles. The highest BCUT2D eigenvalue weighted by atomic mass is 16.4. The zero-order chi connectivity index (χ0) is 9.53. The first kappa shape index (κ1) is 9.04. The van der Waals surface area contributed by atoms with Crippen LogP contribution in [0.15, 0.2) is 0 Å². The van der Waals surface area contributed by atoms with Gasteiger partial charge >= 0.3 is 0 Å². The first-order chi connectivity index (χ1) is 6.06. The van der Waals surface area contributed by atoms with Gasteiger partial charge in [0, 0.05) is 11.4 Å². The lowest BCUT2D eigenvalue weighted by atomic mass is 9.55. The van der Waals surface area contributed by atoms with E-state index in [1.807, 2.05) is 0 Å². The van der Waals surface area contributed by atoms with E-state index in [0.717, 1.165) is 32.1 Å². The zero-order valence-corrected chi connectivity index (χ0v) is 8.27. The number of hydrogen-bond donors (Lipinski definition) is 0. The monoisotopic (exact) mass is 181 g/mol. The third kappa shape index (κ3) is 1.36. The maximum absolute atomic E-state index is 11.1. The molecule has 0 saturated heterocycles. The number of rotatable bonds is 1. The Morgan fingerprint density at radius 3 is 2.08 bits per heavy atom. The Hall–Kier alpha value is -0.530. The van der Waals surface area contributed by atoms with Crippen LogP contribution in [0, 0.1) is 10.8 Å². The molecule has 0 aromatic heterocycles. The van der Waals surface area contributed by atoms with Gasteiger partial charge in [0.1, 0.15) is 0 Å². The SMILES string of the molecule is CC12CCCC(C(=O)[O-])(CCC1)C2. The number of carboxylic acids is 1. The van der Waals surface area contributed by atoms with Crippen LogP contribution in [0.4, 0.5) is 0 Å². The van der Waals surface area contributed by atoms with Crippen molar-refractivity contribution in [3.05, 3.63) is 0 Å². The van der Waals surface area contributed by atoms with E-state index in [0.29, 0.717) is 5.41 Å². The molecule has 0 atom stereocenters. The summed E-state index contributed by atoms with van der Waals surface area (Å²) in [6.07, 6.45) is 7.14. The van der Waals surface area contributed by atoms with E-state index in [1.54, 1.807) is 0 Å². The molecule has 2 saturated carbocycles. The Kier molecular flexibility index (Phi) is 1.90. The average Bonchev–Trinajstić information content (AvgIpc) is 2.02. The highest BCUT2D eigenvalue weighted by molar-refractivity contribution is 5.72. The first-order valence-electron chi connectivity index (χ1n) is 5.28. The van der Waals surface area contributed by atoms with Crippen molar-refractivity contribution in [2.75, 3.05) is 0 Å². The Bertz CT molecular complexity index is 222. The summed E-state index contributed by atoms with van der Waals surface area (Å²) in [6.45, 7) is 2.24. The van der Waals surface area contributed by atoms with E-state index < -0.39 is 11.4 Å². The summed E-state index contributed by atoms with van der Waals surface area (Å²) in [5.74, 6) is -0.793. The van der Waals surface area contributed by atoms with Crippen molar-refractivity contribution in [3.63, 3.8) is 0 Å². The van der Waals surface area contributed by atoms with Crippen LogP contribution in [0.25, 0.3) is 0 Å². The summed E-state index contributed by atoms with van der Waals surface area (Å²) in [5, 5.41) is 11.1. The highest BCUT2D eigenvalue weighted by Gasteiger charge is 2.45. The second kappa shape index (κ2) is 2.73. The van der Waals surface area contributed by atoms with Crippen LogP contribution in [0.3, 0.4) is 0 Å². The number of carbonyl (C=O) groups is 1. The van der Waals surface area contributed by atoms with Gasteiger partial charge in [0.05, 0.1) is 0 Å². The van der Waals surface area contributed by atoms with Gasteiger partial charge in [0.15, 0.2) is 0 Å². The van der Waals surface area contributed by atoms with Crippen molar-refractivity contribution in [1.82, 2.24) is 0 Å². The molecule has 0 aromatic rings. The summed E-state index contributed by atoms with van der Waals surface area (Å²) >= 11 is 0. The Balaban J connectivity index is 2.24. The molecule has 2 nitrogen and oxygen atoms in total. The Labute approximate surface area is 79.3 Å². The number of carbonyl (C=O) groups excluding carboxylic acids is 1. The summed E-state index contributed by atoms with van der Waals surface area (Å²) in [6, 6.07) is 0. The molecule has 0 amide bonds. The lowest BCUT2D eigenvalue weighted by Crippen LogP contribution is -2.50. The van der Waals surface area contributed by atoms with Crippen molar-refractivity contribution in [1.29, 1.82) is 0 Å². The van der Waals surface area contributed by atoms with Gasteiger partial charge in [-0.2, -0.15) is 0 Å². The molecular weight excluding hydrogens is 164 g/mol. The zero-order valence-electron chi connectivity index (χ0n) is 8.27. The minimum atomic E-state index is -0.793.